The van der Waals surface area contributed by atoms with Crippen LogP contribution in [0.1, 0.15) is 32.3 Å². The first-order valence-electron chi connectivity index (χ1n) is 8.30. The van der Waals surface area contributed by atoms with Gasteiger partial charge in [0.2, 0.25) is 0 Å². The number of β-amino-alcohol motifs (C(OH)–C–C–N with tert-alkyl or cyclic N) is 1. The third-order valence-corrected chi connectivity index (χ3v) is 4.53. The Morgan fingerprint density at radius 3 is 2.67 bits per heavy atom. The number of methoxy groups -OCH3 is 2. The van der Waals surface area contributed by atoms with Crippen LogP contribution >= 0.6 is 0 Å². The van der Waals surface area contributed by atoms with Crippen LogP contribution < -0.4 is 14.8 Å². The topological polar surface area (TPSA) is 71.0 Å². The summed E-state index contributed by atoms with van der Waals surface area (Å²) in [5.41, 5.74) is 0.794. The molecule has 0 radical (unpaired) electrons. The van der Waals surface area contributed by atoms with Crippen LogP contribution in [0, 0.1) is 0 Å². The van der Waals surface area contributed by atoms with E-state index in [1.165, 1.54) is 0 Å². The van der Waals surface area contributed by atoms with Gasteiger partial charge in [-0.05, 0) is 30.5 Å². The van der Waals surface area contributed by atoms with Gasteiger partial charge in [0, 0.05) is 25.0 Å². The Bertz CT molecular complexity index is 574. The van der Waals surface area contributed by atoms with Crippen molar-refractivity contribution in [3.63, 3.8) is 0 Å². The molecule has 0 aliphatic carbocycles. The highest BCUT2D eigenvalue weighted by atomic mass is 16.5. The second kappa shape index (κ2) is 7.75. The number of hydrogen-bond donors (Lipinski definition) is 2. The molecule has 0 spiro atoms. The highest BCUT2D eigenvalue weighted by molar-refractivity contribution is 5.74. The molecule has 1 aromatic carbocycles. The Balaban J connectivity index is 2.01. The zero-order valence-electron chi connectivity index (χ0n) is 15.0. The van der Waals surface area contributed by atoms with E-state index in [1.807, 2.05) is 18.2 Å². The van der Waals surface area contributed by atoms with E-state index in [-0.39, 0.29) is 11.4 Å². The number of aliphatic hydroxyl groups excluding tert-OH is 1. The van der Waals surface area contributed by atoms with Crippen molar-refractivity contribution in [3.8, 4) is 11.5 Å². The molecule has 0 aromatic heterocycles. The SMILES string of the molecule is COc1ccc(C(C)(C)CNC(=O)N2CCC[C@H](O)C2)cc1OC. The molecule has 0 saturated carbocycles. The van der Waals surface area contributed by atoms with Crippen LogP contribution in [0.3, 0.4) is 0 Å². The summed E-state index contributed by atoms with van der Waals surface area (Å²) < 4.78 is 10.6. The molecule has 2 N–H and O–H groups in total. The zero-order chi connectivity index (χ0) is 17.7. The number of benzene rings is 1. The van der Waals surface area contributed by atoms with E-state index in [0.29, 0.717) is 31.1 Å². The van der Waals surface area contributed by atoms with Gasteiger partial charge in [0.25, 0.3) is 0 Å². The molecule has 1 heterocycles. The lowest BCUT2D eigenvalue weighted by Crippen LogP contribution is -2.49. The van der Waals surface area contributed by atoms with Gasteiger partial charge >= 0.3 is 6.03 Å². The molecule has 1 saturated heterocycles. The molecule has 1 aliphatic heterocycles. The van der Waals surface area contributed by atoms with Crippen molar-refractivity contribution in [3.05, 3.63) is 23.8 Å². The zero-order valence-corrected chi connectivity index (χ0v) is 15.0. The number of ether oxygens (including phenoxy) is 2. The van der Waals surface area contributed by atoms with Gasteiger partial charge in [0.15, 0.2) is 11.5 Å². The second-order valence-electron chi connectivity index (χ2n) is 6.85. The van der Waals surface area contributed by atoms with Gasteiger partial charge in [0.1, 0.15) is 0 Å². The third kappa shape index (κ3) is 4.32. The van der Waals surface area contributed by atoms with Gasteiger partial charge in [-0.3, -0.25) is 0 Å². The number of nitrogens with zero attached hydrogens (tertiary/aromatic N) is 1. The van der Waals surface area contributed by atoms with Gasteiger partial charge in [-0.2, -0.15) is 0 Å². The van der Waals surface area contributed by atoms with E-state index in [4.69, 9.17) is 9.47 Å². The molecule has 24 heavy (non-hydrogen) atoms. The lowest BCUT2D eigenvalue weighted by atomic mass is 9.84. The summed E-state index contributed by atoms with van der Waals surface area (Å²) in [6.45, 7) is 5.73. The summed E-state index contributed by atoms with van der Waals surface area (Å²) >= 11 is 0. The fourth-order valence-corrected chi connectivity index (χ4v) is 2.91. The maximum absolute atomic E-state index is 12.3. The number of piperidine rings is 1. The minimum atomic E-state index is -0.414. The minimum absolute atomic E-state index is 0.123. The summed E-state index contributed by atoms with van der Waals surface area (Å²) in [6, 6.07) is 5.68. The van der Waals surface area contributed by atoms with Gasteiger partial charge < -0.3 is 24.8 Å². The number of likely N-dealkylation sites (tertiary alicyclic amines) is 1. The molecule has 2 rings (SSSR count). The summed E-state index contributed by atoms with van der Waals surface area (Å²) in [6.07, 6.45) is 1.19. The van der Waals surface area contributed by atoms with E-state index in [9.17, 15) is 9.90 Å². The number of urea groups is 1. The number of carbonyl (C=O) groups excluding carboxylic acids is 1. The monoisotopic (exact) mass is 336 g/mol. The van der Waals surface area contributed by atoms with Crippen molar-refractivity contribution >= 4 is 6.03 Å². The molecule has 6 nitrogen and oxygen atoms in total. The predicted octanol–water partition coefficient (Wildman–Crippen LogP) is 2.15. The fourth-order valence-electron chi connectivity index (χ4n) is 2.91. The van der Waals surface area contributed by atoms with Crippen molar-refractivity contribution < 1.29 is 19.4 Å². The second-order valence-corrected chi connectivity index (χ2v) is 6.85. The predicted molar refractivity (Wildman–Crippen MR) is 92.8 cm³/mol. The molecule has 2 amide bonds. The normalized spacial score (nSPS) is 18.2. The Hall–Kier alpha value is -1.95. The van der Waals surface area contributed by atoms with Crippen LogP contribution in [0.15, 0.2) is 18.2 Å². The maximum Gasteiger partial charge on any atom is 0.317 e. The van der Waals surface area contributed by atoms with E-state index in [1.54, 1.807) is 19.1 Å². The molecule has 1 aromatic rings. The molecule has 0 bridgehead atoms. The van der Waals surface area contributed by atoms with Crippen LogP contribution in [0.2, 0.25) is 0 Å². The third-order valence-electron chi connectivity index (χ3n) is 4.53. The Morgan fingerprint density at radius 1 is 1.33 bits per heavy atom. The van der Waals surface area contributed by atoms with Gasteiger partial charge in [0.05, 0.1) is 20.3 Å². The number of rotatable bonds is 5. The molecular weight excluding hydrogens is 308 g/mol. The van der Waals surface area contributed by atoms with Crippen molar-refractivity contribution in [1.82, 2.24) is 10.2 Å². The number of amides is 2. The molecule has 1 aliphatic rings. The van der Waals surface area contributed by atoms with Crippen molar-refractivity contribution in [1.29, 1.82) is 0 Å². The lowest BCUT2D eigenvalue weighted by Gasteiger charge is -2.32. The average Bonchev–Trinajstić information content (AvgIpc) is 2.59. The van der Waals surface area contributed by atoms with E-state index in [2.05, 4.69) is 19.2 Å². The maximum atomic E-state index is 12.3. The molecule has 1 fully saturated rings. The highest BCUT2D eigenvalue weighted by Crippen LogP contribution is 2.32. The minimum Gasteiger partial charge on any atom is -0.493 e. The molecule has 134 valence electrons. The van der Waals surface area contributed by atoms with Crippen molar-refractivity contribution in [2.75, 3.05) is 33.9 Å². The summed E-state index contributed by atoms with van der Waals surface area (Å²) in [5, 5.41) is 12.7. The van der Waals surface area contributed by atoms with E-state index in [0.717, 1.165) is 18.4 Å². The van der Waals surface area contributed by atoms with Crippen LogP contribution in [-0.2, 0) is 5.41 Å². The quantitative estimate of drug-likeness (QED) is 0.864. The van der Waals surface area contributed by atoms with Gasteiger partial charge in [-0.25, -0.2) is 4.79 Å². The first-order chi connectivity index (χ1) is 11.4. The lowest BCUT2D eigenvalue weighted by molar-refractivity contribution is 0.0839. The Morgan fingerprint density at radius 2 is 2.04 bits per heavy atom. The average molecular weight is 336 g/mol. The largest absolute Gasteiger partial charge is 0.493 e. The highest BCUT2D eigenvalue weighted by Gasteiger charge is 2.26. The van der Waals surface area contributed by atoms with Crippen LogP contribution in [0.25, 0.3) is 0 Å². The number of aliphatic hydroxyl groups is 1. The van der Waals surface area contributed by atoms with Gasteiger partial charge in [-0.15, -0.1) is 0 Å². The Labute approximate surface area is 143 Å². The standard InChI is InChI=1S/C18H28N2O4/c1-18(2,13-7-8-15(23-3)16(10-13)24-4)12-19-17(22)20-9-5-6-14(21)11-20/h7-8,10,14,21H,5-6,9,11-12H2,1-4H3,(H,19,22)/t14-/m0/s1. The van der Waals surface area contributed by atoms with E-state index < -0.39 is 6.10 Å². The first kappa shape index (κ1) is 18.4. The number of nitrogens with one attached hydrogen (secondary N) is 1. The molecule has 0 unspecified atom stereocenters. The summed E-state index contributed by atoms with van der Waals surface area (Å²) in [7, 11) is 3.22. The van der Waals surface area contributed by atoms with Crippen LogP contribution in [0.4, 0.5) is 4.79 Å². The van der Waals surface area contributed by atoms with E-state index >= 15 is 0 Å². The molecule has 6 heteroatoms. The summed E-state index contributed by atoms with van der Waals surface area (Å²) in [5.74, 6) is 1.36. The summed E-state index contributed by atoms with van der Waals surface area (Å²) in [4.78, 5) is 14.0. The number of hydrogen-bond acceptors (Lipinski definition) is 4. The van der Waals surface area contributed by atoms with Crippen LogP contribution in [-0.4, -0.2) is 56.0 Å². The van der Waals surface area contributed by atoms with Crippen LogP contribution in [0.5, 0.6) is 11.5 Å². The fraction of sp³-hybridized carbons (Fsp3) is 0.611. The van der Waals surface area contributed by atoms with Crippen molar-refractivity contribution in [2.45, 2.75) is 38.2 Å². The molecule has 1 atom stereocenters. The Kier molecular flexibility index (Phi) is 5.94. The smallest absolute Gasteiger partial charge is 0.317 e. The number of carbonyl (C=O) groups is 1. The van der Waals surface area contributed by atoms with Gasteiger partial charge in [-0.1, -0.05) is 19.9 Å². The van der Waals surface area contributed by atoms with Crippen molar-refractivity contribution in [2.24, 2.45) is 0 Å². The molecular formula is C18H28N2O4. The first-order valence-corrected chi connectivity index (χ1v) is 8.30.